The number of rotatable bonds is 3. The SMILES string of the molecule is CCOC(=O)Cc1coc2ccc(Br)cc12.ClCCl. The molecular formula is C13H13BrCl2O3. The number of alkyl halides is 2. The molecule has 104 valence electrons. The zero-order valence-electron chi connectivity index (χ0n) is 10.3. The topological polar surface area (TPSA) is 39.4 Å². The summed E-state index contributed by atoms with van der Waals surface area (Å²) in [5, 5.41) is 1.14. The molecule has 0 saturated heterocycles. The normalized spacial score (nSPS) is 9.89. The van der Waals surface area contributed by atoms with Crippen molar-refractivity contribution in [1.82, 2.24) is 0 Å². The van der Waals surface area contributed by atoms with Gasteiger partial charge in [-0.25, -0.2) is 0 Å². The van der Waals surface area contributed by atoms with Gasteiger partial charge in [0, 0.05) is 15.4 Å². The van der Waals surface area contributed by atoms with E-state index >= 15 is 0 Å². The van der Waals surface area contributed by atoms with Gasteiger partial charge in [-0.05, 0) is 25.1 Å². The van der Waals surface area contributed by atoms with Crippen molar-refractivity contribution in [2.75, 3.05) is 11.9 Å². The lowest BCUT2D eigenvalue weighted by atomic mass is 10.1. The Labute approximate surface area is 129 Å². The summed E-state index contributed by atoms with van der Waals surface area (Å²) in [6, 6.07) is 5.71. The van der Waals surface area contributed by atoms with Gasteiger partial charge in [-0.1, -0.05) is 15.9 Å². The monoisotopic (exact) mass is 366 g/mol. The maximum absolute atomic E-state index is 11.4. The zero-order valence-corrected chi connectivity index (χ0v) is 13.4. The molecule has 19 heavy (non-hydrogen) atoms. The molecule has 2 rings (SSSR count). The summed E-state index contributed by atoms with van der Waals surface area (Å²) in [6.07, 6.45) is 1.85. The van der Waals surface area contributed by atoms with E-state index in [2.05, 4.69) is 15.9 Å². The van der Waals surface area contributed by atoms with Crippen molar-refractivity contribution >= 4 is 56.1 Å². The lowest BCUT2D eigenvalue weighted by Crippen LogP contribution is -2.06. The number of hydrogen-bond acceptors (Lipinski definition) is 3. The molecule has 0 amide bonds. The van der Waals surface area contributed by atoms with E-state index in [9.17, 15) is 4.79 Å². The first kappa shape index (κ1) is 16.3. The summed E-state index contributed by atoms with van der Waals surface area (Å²) in [7, 11) is 0. The average Bonchev–Trinajstić information content (AvgIpc) is 2.73. The van der Waals surface area contributed by atoms with Crippen molar-refractivity contribution in [2.45, 2.75) is 13.3 Å². The molecule has 0 aliphatic rings. The molecule has 0 radical (unpaired) electrons. The summed E-state index contributed by atoms with van der Waals surface area (Å²) in [4.78, 5) is 11.4. The Bertz CT molecular complexity index is 540. The summed E-state index contributed by atoms with van der Waals surface area (Å²) >= 11 is 12.9. The van der Waals surface area contributed by atoms with Crippen LogP contribution in [0.3, 0.4) is 0 Å². The molecule has 0 fully saturated rings. The van der Waals surface area contributed by atoms with Crippen LogP contribution in [0.25, 0.3) is 11.0 Å². The van der Waals surface area contributed by atoms with E-state index in [-0.39, 0.29) is 17.7 Å². The zero-order chi connectivity index (χ0) is 14.3. The highest BCUT2D eigenvalue weighted by Gasteiger charge is 2.11. The molecule has 0 N–H and O–H groups in total. The van der Waals surface area contributed by atoms with Crippen molar-refractivity contribution in [2.24, 2.45) is 0 Å². The Hall–Kier alpha value is -0.710. The van der Waals surface area contributed by atoms with Crippen LogP contribution in [0.5, 0.6) is 0 Å². The first-order valence-electron chi connectivity index (χ1n) is 5.55. The van der Waals surface area contributed by atoms with E-state index in [1.54, 1.807) is 13.2 Å². The van der Waals surface area contributed by atoms with Crippen LogP contribution in [0.2, 0.25) is 0 Å². The highest BCUT2D eigenvalue weighted by Crippen LogP contribution is 2.25. The predicted octanol–water partition coefficient (Wildman–Crippen LogP) is 4.72. The van der Waals surface area contributed by atoms with Crippen LogP contribution in [0.4, 0.5) is 0 Å². The fraction of sp³-hybridized carbons (Fsp3) is 0.308. The molecule has 1 aromatic heterocycles. The lowest BCUT2D eigenvalue weighted by Gasteiger charge is -1.99. The Morgan fingerprint density at radius 3 is 2.74 bits per heavy atom. The third kappa shape index (κ3) is 5.05. The van der Waals surface area contributed by atoms with Gasteiger partial charge in [-0.3, -0.25) is 4.79 Å². The minimum Gasteiger partial charge on any atom is -0.466 e. The molecule has 6 heteroatoms. The fourth-order valence-electron chi connectivity index (χ4n) is 1.56. The van der Waals surface area contributed by atoms with Gasteiger partial charge in [0.1, 0.15) is 5.58 Å². The minimum absolute atomic E-state index is 0.194. The van der Waals surface area contributed by atoms with Gasteiger partial charge < -0.3 is 9.15 Å². The van der Waals surface area contributed by atoms with Crippen molar-refractivity contribution in [3.05, 3.63) is 34.5 Å². The standard InChI is InChI=1S/C12H11BrO3.CH2Cl2/c1-2-15-12(14)5-8-7-16-11-4-3-9(13)6-10(8)11;2-1-3/h3-4,6-7H,2,5H2,1H3;1H2. The predicted molar refractivity (Wildman–Crippen MR) is 80.8 cm³/mol. The third-order valence-corrected chi connectivity index (χ3v) is 2.75. The number of carbonyl (C=O) groups is 1. The second-order valence-electron chi connectivity index (χ2n) is 3.48. The van der Waals surface area contributed by atoms with E-state index < -0.39 is 0 Å². The Balaban J connectivity index is 0.000000550. The maximum atomic E-state index is 11.4. The second kappa shape index (κ2) is 8.46. The Morgan fingerprint density at radius 1 is 1.42 bits per heavy atom. The number of esters is 1. The lowest BCUT2D eigenvalue weighted by molar-refractivity contribution is -0.142. The van der Waals surface area contributed by atoms with Crippen molar-refractivity contribution in [3.8, 4) is 0 Å². The van der Waals surface area contributed by atoms with E-state index in [0.717, 1.165) is 21.0 Å². The first-order valence-corrected chi connectivity index (χ1v) is 7.41. The third-order valence-electron chi connectivity index (χ3n) is 2.26. The van der Waals surface area contributed by atoms with Crippen LogP contribution in [0.1, 0.15) is 12.5 Å². The number of halogens is 3. The number of carbonyl (C=O) groups excluding carboxylic acids is 1. The van der Waals surface area contributed by atoms with Crippen LogP contribution < -0.4 is 0 Å². The number of fused-ring (bicyclic) bond motifs is 1. The number of benzene rings is 1. The summed E-state index contributed by atoms with van der Waals surface area (Å²) < 4.78 is 11.2. The Kier molecular flexibility index (Phi) is 7.28. The molecule has 0 aliphatic carbocycles. The molecule has 0 aliphatic heterocycles. The van der Waals surface area contributed by atoms with Gasteiger partial charge in [0.25, 0.3) is 0 Å². The van der Waals surface area contributed by atoms with Crippen LogP contribution >= 0.6 is 39.1 Å². The molecule has 0 unspecified atom stereocenters. The summed E-state index contributed by atoms with van der Waals surface area (Å²) in [6.45, 7) is 2.19. The number of furan rings is 1. The van der Waals surface area contributed by atoms with Crippen molar-refractivity contribution in [1.29, 1.82) is 0 Å². The van der Waals surface area contributed by atoms with Gasteiger partial charge in [-0.2, -0.15) is 0 Å². The van der Waals surface area contributed by atoms with Crippen molar-refractivity contribution < 1.29 is 13.9 Å². The molecular weight excluding hydrogens is 355 g/mol. The van der Waals surface area contributed by atoms with Gasteiger partial charge in [-0.15, -0.1) is 23.2 Å². The molecule has 0 bridgehead atoms. The van der Waals surface area contributed by atoms with Gasteiger partial charge in [0.15, 0.2) is 0 Å². The largest absolute Gasteiger partial charge is 0.466 e. The van der Waals surface area contributed by atoms with E-state index in [4.69, 9.17) is 32.4 Å². The first-order chi connectivity index (χ1) is 9.12. The van der Waals surface area contributed by atoms with Crippen LogP contribution in [-0.4, -0.2) is 17.9 Å². The van der Waals surface area contributed by atoms with Gasteiger partial charge in [0.2, 0.25) is 0 Å². The summed E-state index contributed by atoms with van der Waals surface area (Å²) in [5.41, 5.74) is 1.64. The molecule has 0 spiro atoms. The molecule has 0 atom stereocenters. The van der Waals surface area contributed by atoms with Gasteiger partial charge >= 0.3 is 5.97 Å². The molecule has 1 aromatic carbocycles. The molecule has 1 heterocycles. The van der Waals surface area contributed by atoms with E-state index in [0.29, 0.717) is 6.61 Å². The van der Waals surface area contributed by atoms with E-state index in [1.165, 1.54) is 0 Å². The minimum atomic E-state index is -0.231. The Morgan fingerprint density at radius 2 is 2.11 bits per heavy atom. The maximum Gasteiger partial charge on any atom is 0.310 e. The smallest absolute Gasteiger partial charge is 0.310 e. The average molecular weight is 368 g/mol. The quantitative estimate of drug-likeness (QED) is 0.581. The fourth-order valence-corrected chi connectivity index (χ4v) is 1.92. The highest BCUT2D eigenvalue weighted by molar-refractivity contribution is 9.10. The van der Waals surface area contributed by atoms with Crippen LogP contribution in [0.15, 0.2) is 33.4 Å². The van der Waals surface area contributed by atoms with Crippen LogP contribution in [-0.2, 0) is 16.0 Å². The van der Waals surface area contributed by atoms with E-state index in [1.807, 2.05) is 18.2 Å². The molecule has 2 aromatic rings. The van der Waals surface area contributed by atoms with Crippen molar-refractivity contribution in [3.63, 3.8) is 0 Å². The molecule has 0 saturated carbocycles. The number of ether oxygens (including phenoxy) is 1. The highest BCUT2D eigenvalue weighted by atomic mass is 79.9. The van der Waals surface area contributed by atoms with Gasteiger partial charge in [0.05, 0.1) is 24.6 Å². The second-order valence-corrected chi connectivity index (χ2v) is 5.21. The summed E-state index contributed by atoms with van der Waals surface area (Å²) in [5.74, 6) is -0.231. The van der Waals surface area contributed by atoms with Crippen LogP contribution in [0, 0.1) is 0 Å². The number of hydrogen-bond donors (Lipinski definition) is 0. The molecule has 3 nitrogen and oxygen atoms in total.